The van der Waals surface area contributed by atoms with Crippen LogP contribution in [0.3, 0.4) is 0 Å². The zero-order valence-corrected chi connectivity index (χ0v) is 8.71. The van der Waals surface area contributed by atoms with E-state index in [0.717, 1.165) is 11.3 Å². The van der Waals surface area contributed by atoms with E-state index in [1.165, 1.54) is 12.3 Å². The number of pyridine rings is 2. The Kier molecular flexibility index (Phi) is 2.64. The molecule has 0 aliphatic rings. The third-order valence-electron chi connectivity index (χ3n) is 2.26. The van der Waals surface area contributed by atoms with Gasteiger partial charge >= 0.3 is 5.97 Å². The van der Waals surface area contributed by atoms with Gasteiger partial charge in [-0.3, -0.25) is 9.97 Å². The second-order valence-electron chi connectivity index (χ2n) is 3.41. The molecule has 0 bridgehead atoms. The van der Waals surface area contributed by atoms with Gasteiger partial charge < -0.3 is 5.11 Å². The largest absolute Gasteiger partial charge is 0.478 e. The molecule has 2 rings (SSSR count). The van der Waals surface area contributed by atoms with Gasteiger partial charge in [-0.1, -0.05) is 0 Å². The molecule has 16 heavy (non-hydrogen) atoms. The molecule has 0 unspecified atom stereocenters. The van der Waals surface area contributed by atoms with Crippen LogP contribution in [-0.4, -0.2) is 21.0 Å². The number of carboxylic acids is 1. The van der Waals surface area contributed by atoms with Crippen LogP contribution in [0.15, 0.2) is 36.8 Å². The molecule has 0 saturated carbocycles. The van der Waals surface area contributed by atoms with Crippen LogP contribution in [0, 0.1) is 6.92 Å². The molecule has 80 valence electrons. The van der Waals surface area contributed by atoms with Gasteiger partial charge in [-0.2, -0.15) is 0 Å². The Morgan fingerprint density at radius 1 is 1.31 bits per heavy atom. The summed E-state index contributed by atoms with van der Waals surface area (Å²) in [6, 6.07) is 5.10. The van der Waals surface area contributed by atoms with Crippen molar-refractivity contribution in [2.75, 3.05) is 0 Å². The molecule has 0 aliphatic heterocycles. The summed E-state index contributed by atoms with van der Waals surface area (Å²) >= 11 is 0. The molecule has 2 aromatic rings. The first kappa shape index (κ1) is 10.3. The predicted molar refractivity (Wildman–Crippen MR) is 59.2 cm³/mol. The molecule has 0 radical (unpaired) electrons. The minimum atomic E-state index is -0.952. The first-order chi connectivity index (χ1) is 7.68. The number of nitrogens with zero attached hydrogens (tertiary/aromatic N) is 2. The monoisotopic (exact) mass is 214 g/mol. The van der Waals surface area contributed by atoms with Gasteiger partial charge in [-0.15, -0.1) is 0 Å². The van der Waals surface area contributed by atoms with E-state index in [4.69, 9.17) is 5.11 Å². The molecule has 0 fully saturated rings. The van der Waals surface area contributed by atoms with E-state index >= 15 is 0 Å². The fraction of sp³-hybridized carbons (Fsp3) is 0.0833. The van der Waals surface area contributed by atoms with E-state index in [-0.39, 0.29) is 5.56 Å². The molecule has 4 nitrogen and oxygen atoms in total. The Hall–Kier alpha value is -2.23. The summed E-state index contributed by atoms with van der Waals surface area (Å²) in [6.45, 7) is 1.86. The van der Waals surface area contributed by atoms with E-state index in [1.54, 1.807) is 18.5 Å². The summed E-state index contributed by atoms with van der Waals surface area (Å²) in [5, 5.41) is 9.05. The SMILES string of the molecule is Cc1cc(-c2cnccc2C(=O)O)ccn1. The standard InChI is InChI=1S/C12H10N2O2/c1-8-6-9(2-5-14-8)11-7-13-4-3-10(11)12(15)16/h2-7H,1H3,(H,15,16). The normalized spacial score (nSPS) is 10.1. The Bertz CT molecular complexity index is 538. The van der Waals surface area contributed by atoms with Gasteiger partial charge in [-0.05, 0) is 30.7 Å². The first-order valence-corrected chi connectivity index (χ1v) is 4.79. The molecular weight excluding hydrogens is 204 g/mol. The molecule has 4 heteroatoms. The Balaban J connectivity index is 2.60. The van der Waals surface area contributed by atoms with Crippen molar-refractivity contribution in [3.8, 4) is 11.1 Å². The molecule has 1 N–H and O–H groups in total. The van der Waals surface area contributed by atoms with Gasteiger partial charge in [0, 0.05) is 29.8 Å². The van der Waals surface area contributed by atoms with Gasteiger partial charge in [0.1, 0.15) is 0 Å². The molecule has 2 heterocycles. The zero-order chi connectivity index (χ0) is 11.5. The second kappa shape index (κ2) is 4.10. The molecule has 0 aromatic carbocycles. The highest BCUT2D eigenvalue weighted by atomic mass is 16.4. The highest BCUT2D eigenvalue weighted by molar-refractivity contribution is 5.95. The second-order valence-corrected chi connectivity index (χ2v) is 3.41. The van der Waals surface area contributed by atoms with Crippen LogP contribution in [0.4, 0.5) is 0 Å². The minimum Gasteiger partial charge on any atom is -0.478 e. The summed E-state index contributed by atoms with van der Waals surface area (Å²) in [4.78, 5) is 19.1. The fourth-order valence-corrected chi connectivity index (χ4v) is 1.52. The van der Waals surface area contributed by atoms with Gasteiger partial charge in [0.15, 0.2) is 0 Å². The molecule has 0 atom stereocenters. The third-order valence-corrected chi connectivity index (χ3v) is 2.26. The van der Waals surface area contributed by atoms with Crippen LogP contribution in [0.25, 0.3) is 11.1 Å². The Morgan fingerprint density at radius 3 is 2.81 bits per heavy atom. The predicted octanol–water partition coefficient (Wildman–Crippen LogP) is 2.15. The van der Waals surface area contributed by atoms with Crippen molar-refractivity contribution in [3.05, 3.63) is 48.0 Å². The van der Waals surface area contributed by atoms with E-state index in [1.807, 2.05) is 13.0 Å². The number of carbonyl (C=O) groups is 1. The highest BCUT2D eigenvalue weighted by Gasteiger charge is 2.11. The van der Waals surface area contributed by atoms with Crippen molar-refractivity contribution >= 4 is 5.97 Å². The molecule has 0 amide bonds. The average molecular weight is 214 g/mol. The summed E-state index contributed by atoms with van der Waals surface area (Å²) in [5.41, 5.74) is 2.52. The zero-order valence-electron chi connectivity index (χ0n) is 8.71. The first-order valence-electron chi connectivity index (χ1n) is 4.79. The lowest BCUT2D eigenvalue weighted by Crippen LogP contribution is -2.00. The average Bonchev–Trinajstić information content (AvgIpc) is 2.29. The number of carboxylic acid groups (broad SMARTS) is 1. The molecular formula is C12H10N2O2. The van der Waals surface area contributed by atoms with Crippen molar-refractivity contribution in [2.45, 2.75) is 6.92 Å². The van der Waals surface area contributed by atoms with Gasteiger partial charge in [0.2, 0.25) is 0 Å². The van der Waals surface area contributed by atoms with Crippen LogP contribution < -0.4 is 0 Å². The van der Waals surface area contributed by atoms with Gasteiger partial charge in [-0.25, -0.2) is 4.79 Å². The van der Waals surface area contributed by atoms with Crippen molar-refractivity contribution in [1.29, 1.82) is 0 Å². The van der Waals surface area contributed by atoms with E-state index in [9.17, 15) is 4.79 Å². The van der Waals surface area contributed by atoms with Gasteiger partial charge in [0.05, 0.1) is 5.56 Å². The number of rotatable bonds is 2. The van der Waals surface area contributed by atoms with Crippen molar-refractivity contribution in [1.82, 2.24) is 9.97 Å². The summed E-state index contributed by atoms with van der Waals surface area (Å²) in [7, 11) is 0. The third kappa shape index (κ3) is 1.91. The molecule has 0 aliphatic carbocycles. The van der Waals surface area contributed by atoms with E-state index < -0.39 is 5.97 Å². The number of hydrogen-bond acceptors (Lipinski definition) is 3. The lowest BCUT2D eigenvalue weighted by Gasteiger charge is -2.05. The lowest BCUT2D eigenvalue weighted by atomic mass is 10.0. The van der Waals surface area contributed by atoms with Crippen molar-refractivity contribution in [2.24, 2.45) is 0 Å². The van der Waals surface area contributed by atoms with E-state index in [2.05, 4.69) is 9.97 Å². The molecule has 0 saturated heterocycles. The Morgan fingerprint density at radius 2 is 2.12 bits per heavy atom. The quantitative estimate of drug-likeness (QED) is 0.831. The maximum atomic E-state index is 11.0. The van der Waals surface area contributed by atoms with Crippen LogP contribution >= 0.6 is 0 Å². The molecule has 0 spiro atoms. The number of aryl methyl sites for hydroxylation is 1. The minimum absolute atomic E-state index is 0.251. The fourth-order valence-electron chi connectivity index (χ4n) is 1.52. The topological polar surface area (TPSA) is 63.1 Å². The van der Waals surface area contributed by atoms with Crippen molar-refractivity contribution in [3.63, 3.8) is 0 Å². The highest BCUT2D eigenvalue weighted by Crippen LogP contribution is 2.22. The maximum absolute atomic E-state index is 11.0. The summed E-state index contributed by atoms with van der Waals surface area (Å²) in [6.07, 6.45) is 4.68. The number of aromatic nitrogens is 2. The Labute approximate surface area is 92.6 Å². The van der Waals surface area contributed by atoms with Gasteiger partial charge in [0.25, 0.3) is 0 Å². The van der Waals surface area contributed by atoms with E-state index in [0.29, 0.717) is 5.56 Å². The number of hydrogen-bond donors (Lipinski definition) is 1. The van der Waals surface area contributed by atoms with Crippen LogP contribution in [0.2, 0.25) is 0 Å². The number of aromatic carboxylic acids is 1. The summed E-state index contributed by atoms with van der Waals surface area (Å²) in [5.74, 6) is -0.952. The molecule has 2 aromatic heterocycles. The lowest BCUT2D eigenvalue weighted by molar-refractivity contribution is 0.0697. The van der Waals surface area contributed by atoms with Crippen LogP contribution in [0.5, 0.6) is 0 Å². The maximum Gasteiger partial charge on any atom is 0.336 e. The smallest absolute Gasteiger partial charge is 0.336 e. The van der Waals surface area contributed by atoms with Crippen LogP contribution in [-0.2, 0) is 0 Å². The van der Waals surface area contributed by atoms with Crippen molar-refractivity contribution < 1.29 is 9.90 Å². The van der Waals surface area contributed by atoms with Crippen LogP contribution in [0.1, 0.15) is 16.1 Å². The summed E-state index contributed by atoms with van der Waals surface area (Å²) < 4.78 is 0.